The van der Waals surface area contributed by atoms with Crippen LogP contribution in [0, 0.1) is 0 Å². The molecule has 3 aromatic carbocycles. The van der Waals surface area contributed by atoms with Crippen molar-refractivity contribution in [3.63, 3.8) is 0 Å². The van der Waals surface area contributed by atoms with Crippen LogP contribution >= 0.6 is 0 Å². The van der Waals surface area contributed by atoms with Crippen LogP contribution in [-0.4, -0.2) is 41.3 Å². The van der Waals surface area contributed by atoms with E-state index >= 15 is 0 Å². The summed E-state index contributed by atoms with van der Waals surface area (Å²) in [6, 6.07) is 23.7. The Bertz CT molecular complexity index is 1210. The predicted octanol–water partition coefficient (Wildman–Crippen LogP) is 3.43. The molecule has 0 bridgehead atoms. The molecule has 4 rings (SSSR count). The fourth-order valence-corrected chi connectivity index (χ4v) is 4.29. The minimum absolute atomic E-state index is 0.243. The normalized spacial score (nSPS) is 15.2. The molecule has 0 spiro atoms. The summed E-state index contributed by atoms with van der Waals surface area (Å²) >= 11 is 0. The fraction of sp³-hybridized carbons (Fsp3) is 0.214. The molecule has 1 aliphatic heterocycles. The van der Waals surface area contributed by atoms with Crippen LogP contribution in [0.5, 0.6) is 5.75 Å². The number of hydrogen-bond acceptors (Lipinski definition) is 5. The van der Waals surface area contributed by atoms with Crippen molar-refractivity contribution in [2.75, 3.05) is 11.5 Å². The number of hydrogen-bond donors (Lipinski definition) is 1. The van der Waals surface area contributed by atoms with E-state index in [1.54, 1.807) is 24.3 Å². The second-order valence-electron chi connectivity index (χ2n) is 8.33. The van der Waals surface area contributed by atoms with Gasteiger partial charge >= 0.3 is 0 Å². The molecule has 4 amide bonds. The smallest absolute Gasteiger partial charge is 0.259 e. The summed E-state index contributed by atoms with van der Waals surface area (Å²) < 4.78 is 5.42. The van der Waals surface area contributed by atoms with Crippen LogP contribution in [0.25, 0.3) is 0 Å². The average Bonchev–Trinajstić information content (AvgIpc) is 3.18. The molecular formula is C28H27N3O5. The van der Waals surface area contributed by atoms with E-state index in [1.165, 1.54) is 6.92 Å². The number of amides is 4. The van der Waals surface area contributed by atoms with Gasteiger partial charge in [-0.2, -0.15) is 0 Å². The third-order valence-electron chi connectivity index (χ3n) is 5.94. The highest BCUT2D eigenvalue weighted by Crippen LogP contribution is 2.29. The number of nitrogens with zero attached hydrogens (tertiary/aromatic N) is 2. The third-order valence-corrected chi connectivity index (χ3v) is 5.94. The molecule has 8 nitrogen and oxygen atoms in total. The summed E-state index contributed by atoms with van der Waals surface area (Å²) in [5.74, 6) is -2.19. The van der Waals surface area contributed by atoms with Gasteiger partial charge in [-0.25, -0.2) is 9.91 Å². The molecule has 184 valence electrons. The predicted molar refractivity (Wildman–Crippen MR) is 134 cm³/mol. The van der Waals surface area contributed by atoms with Gasteiger partial charge in [0.2, 0.25) is 11.8 Å². The number of imide groups is 1. The van der Waals surface area contributed by atoms with E-state index in [9.17, 15) is 19.2 Å². The summed E-state index contributed by atoms with van der Waals surface area (Å²) in [6.07, 6.45) is -0.243. The molecule has 0 saturated carbocycles. The van der Waals surface area contributed by atoms with Crippen molar-refractivity contribution in [1.29, 1.82) is 0 Å². The van der Waals surface area contributed by atoms with E-state index in [0.29, 0.717) is 18.0 Å². The first-order valence-electron chi connectivity index (χ1n) is 11.7. The van der Waals surface area contributed by atoms with E-state index < -0.39 is 35.6 Å². The minimum Gasteiger partial charge on any atom is -0.494 e. The molecule has 1 aliphatic rings. The highest BCUT2D eigenvalue weighted by Gasteiger charge is 2.45. The molecule has 0 aliphatic carbocycles. The van der Waals surface area contributed by atoms with Gasteiger partial charge in [0.15, 0.2) is 0 Å². The number of carbonyl (C=O) groups excluding carboxylic acids is 4. The van der Waals surface area contributed by atoms with Crippen LogP contribution in [0.1, 0.15) is 37.3 Å². The Morgan fingerprint density at radius 1 is 0.944 bits per heavy atom. The zero-order valence-corrected chi connectivity index (χ0v) is 20.1. The standard InChI is InChI=1S/C28H27N3O5/c1-3-36-23-16-14-22(15-17-23)30-25(33)18-24(28(30)35)31(19(2)32)29-27(34)26(20-10-6-4-7-11-20)21-12-8-5-9-13-21/h4-17,24,26H,3,18H2,1-2H3,(H,29,34). The highest BCUT2D eigenvalue weighted by atomic mass is 16.5. The Balaban J connectivity index is 1.59. The lowest BCUT2D eigenvalue weighted by Crippen LogP contribution is -2.55. The molecule has 0 aromatic heterocycles. The third kappa shape index (κ3) is 5.12. The topological polar surface area (TPSA) is 96.0 Å². The average molecular weight is 486 g/mol. The van der Waals surface area contributed by atoms with Crippen LogP contribution in [0.2, 0.25) is 0 Å². The van der Waals surface area contributed by atoms with Gasteiger partial charge in [-0.3, -0.25) is 24.6 Å². The second kappa shape index (κ2) is 10.9. The van der Waals surface area contributed by atoms with Crippen molar-refractivity contribution in [1.82, 2.24) is 10.4 Å². The molecule has 0 radical (unpaired) electrons. The van der Waals surface area contributed by atoms with Gasteiger partial charge in [0.1, 0.15) is 11.8 Å². The van der Waals surface area contributed by atoms with Crippen molar-refractivity contribution in [2.24, 2.45) is 0 Å². The first kappa shape index (κ1) is 24.7. The molecule has 1 fully saturated rings. The van der Waals surface area contributed by atoms with Crippen molar-refractivity contribution in [3.8, 4) is 5.75 Å². The lowest BCUT2D eigenvalue weighted by atomic mass is 9.91. The zero-order valence-electron chi connectivity index (χ0n) is 20.1. The maximum Gasteiger partial charge on any atom is 0.259 e. The number of anilines is 1. The molecule has 1 saturated heterocycles. The van der Waals surface area contributed by atoms with Gasteiger partial charge in [0, 0.05) is 6.92 Å². The second-order valence-corrected chi connectivity index (χ2v) is 8.33. The Morgan fingerprint density at radius 2 is 1.50 bits per heavy atom. The summed E-state index contributed by atoms with van der Waals surface area (Å²) in [5.41, 5.74) is 4.46. The van der Waals surface area contributed by atoms with Crippen LogP contribution in [-0.2, 0) is 19.2 Å². The SMILES string of the molecule is CCOc1ccc(N2C(=O)CC(N(NC(=O)C(c3ccccc3)c3ccccc3)C(C)=O)C2=O)cc1. The van der Waals surface area contributed by atoms with Crippen molar-refractivity contribution >= 4 is 29.3 Å². The van der Waals surface area contributed by atoms with E-state index in [4.69, 9.17) is 4.74 Å². The fourth-order valence-electron chi connectivity index (χ4n) is 4.29. The first-order valence-corrected chi connectivity index (χ1v) is 11.7. The van der Waals surface area contributed by atoms with Crippen molar-refractivity contribution < 1.29 is 23.9 Å². The molecular weight excluding hydrogens is 458 g/mol. The van der Waals surface area contributed by atoms with Crippen molar-refractivity contribution in [3.05, 3.63) is 96.1 Å². The van der Waals surface area contributed by atoms with E-state index in [1.807, 2.05) is 67.6 Å². The number of carbonyl (C=O) groups is 4. The van der Waals surface area contributed by atoms with Gasteiger partial charge in [-0.1, -0.05) is 60.7 Å². The van der Waals surface area contributed by atoms with E-state index in [2.05, 4.69) is 5.43 Å². The number of ether oxygens (including phenoxy) is 1. The van der Waals surface area contributed by atoms with Crippen LogP contribution < -0.4 is 15.1 Å². The highest BCUT2D eigenvalue weighted by molar-refractivity contribution is 6.23. The van der Waals surface area contributed by atoms with Gasteiger partial charge in [-0.15, -0.1) is 0 Å². The summed E-state index contributed by atoms with van der Waals surface area (Å²) in [7, 11) is 0. The first-order chi connectivity index (χ1) is 17.4. The van der Waals surface area contributed by atoms with Gasteiger partial charge in [0.25, 0.3) is 11.8 Å². The van der Waals surface area contributed by atoms with Gasteiger partial charge < -0.3 is 4.74 Å². The molecule has 1 heterocycles. The number of benzene rings is 3. The maximum atomic E-state index is 13.5. The van der Waals surface area contributed by atoms with Gasteiger partial charge in [0.05, 0.1) is 24.6 Å². The molecule has 1 atom stereocenters. The number of rotatable bonds is 7. The monoisotopic (exact) mass is 485 g/mol. The Hall–Kier alpha value is -4.46. The summed E-state index contributed by atoms with van der Waals surface area (Å²) in [4.78, 5) is 53.3. The van der Waals surface area contributed by atoms with Gasteiger partial charge in [-0.05, 0) is 42.3 Å². The lowest BCUT2D eigenvalue weighted by Gasteiger charge is -2.29. The quantitative estimate of drug-likeness (QED) is 0.409. The Kier molecular flexibility index (Phi) is 7.44. The van der Waals surface area contributed by atoms with Crippen molar-refractivity contribution in [2.45, 2.75) is 32.2 Å². The van der Waals surface area contributed by atoms with Crippen LogP contribution in [0.15, 0.2) is 84.9 Å². The number of hydrazine groups is 1. The number of nitrogens with one attached hydrogen (secondary N) is 1. The maximum absolute atomic E-state index is 13.5. The Morgan fingerprint density at radius 3 is 2.00 bits per heavy atom. The van der Waals surface area contributed by atoms with E-state index in [0.717, 1.165) is 21.0 Å². The molecule has 3 aromatic rings. The minimum atomic E-state index is -1.15. The Labute approximate surface area is 209 Å². The lowest BCUT2D eigenvalue weighted by molar-refractivity contribution is -0.146. The van der Waals surface area contributed by atoms with E-state index in [-0.39, 0.29) is 6.42 Å². The summed E-state index contributed by atoms with van der Waals surface area (Å²) in [6.45, 7) is 3.59. The largest absolute Gasteiger partial charge is 0.494 e. The summed E-state index contributed by atoms with van der Waals surface area (Å²) in [5, 5.41) is 0.968. The molecule has 1 N–H and O–H groups in total. The van der Waals surface area contributed by atoms with Crippen LogP contribution in [0.3, 0.4) is 0 Å². The zero-order chi connectivity index (χ0) is 25.7. The van der Waals surface area contributed by atoms with Crippen LogP contribution in [0.4, 0.5) is 5.69 Å². The molecule has 1 unspecified atom stereocenters. The molecule has 36 heavy (non-hydrogen) atoms. The molecule has 8 heteroatoms.